The third-order valence-corrected chi connectivity index (χ3v) is 5.11. The molecule has 1 rings (SSSR count). The molecule has 0 radical (unpaired) electrons. The van der Waals surface area contributed by atoms with E-state index in [1.807, 2.05) is 11.8 Å². The standard InChI is InChI=1S/C15H30N2OS.ClH/c1-2-19-14-10-7-6-9-13(14)17-15(18)11-5-3-4-8-12-16;/h13-14H,2-12,16H2,1H3,(H,17,18);1H. The van der Waals surface area contributed by atoms with E-state index in [1.54, 1.807) is 0 Å². The minimum atomic E-state index is 0. The van der Waals surface area contributed by atoms with E-state index >= 15 is 0 Å². The maximum Gasteiger partial charge on any atom is 0.220 e. The summed E-state index contributed by atoms with van der Waals surface area (Å²) in [6.07, 6.45) is 10.1. The number of halogens is 1. The van der Waals surface area contributed by atoms with Gasteiger partial charge in [-0.1, -0.05) is 32.6 Å². The molecule has 2 atom stereocenters. The summed E-state index contributed by atoms with van der Waals surface area (Å²) in [5.41, 5.74) is 5.46. The van der Waals surface area contributed by atoms with E-state index in [1.165, 1.54) is 19.3 Å². The Morgan fingerprint density at radius 1 is 1.20 bits per heavy atom. The van der Waals surface area contributed by atoms with Gasteiger partial charge in [-0.25, -0.2) is 0 Å². The zero-order valence-corrected chi connectivity index (χ0v) is 14.4. The predicted octanol–water partition coefficient (Wildman–Crippen LogP) is 3.50. The van der Waals surface area contributed by atoms with Crippen LogP contribution in [0.3, 0.4) is 0 Å². The van der Waals surface area contributed by atoms with E-state index < -0.39 is 0 Å². The molecule has 0 aromatic rings. The number of rotatable bonds is 9. The molecule has 3 N–H and O–H groups in total. The van der Waals surface area contributed by atoms with E-state index in [2.05, 4.69) is 12.2 Å². The number of thioether (sulfide) groups is 1. The van der Waals surface area contributed by atoms with Crippen molar-refractivity contribution in [2.45, 2.75) is 76.0 Å². The van der Waals surface area contributed by atoms with Gasteiger partial charge in [0.05, 0.1) is 0 Å². The van der Waals surface area contributed by atoms with Crippen molar-refractivity contribution >= 4 is 30.1 Å². The summed E-state index contributed by atoms with van der Waals surface area (Å²) < 4.78 is 0. The molecule has 0 aliphatic heterocycles. The van der Waals surface area contributed by atoms with Crippen molar-refractivity contribution in [3.63, 3.8) is 0 Å². The summed E-state index contributed by atoms with van der Waals surface area (Å²) >= 11 is 2.01. The normalized spacial score (nSPS) is 22.1. The van der Waals surface area contributed by atoms with Crippen LogP contribution in [0, 0.1) is 0 Å². The number of unbranched alkanes of at least 4 members (excludes halogenated alkanes) is 3. The van der Waals surface area contributed by atoms with Crippen LogP contribution in [0.5, 0.6) is 0 Å². The van der Waals surface area contributed by atoms with Gasteiger partial charge in [-0.3, -0.25) is 4.79 Å². The summed E-state index contributed by atoms with van der Waals surface area (Å²) in [4.78, 5) is 11.9. The van der Waals surface area contributed by atoms with Gasteiger partial charge in [-0.05, 0) is 38.0 Å². The molecule has 5 heteroatoms. The SMILES string of the molecule is CCSC1CCCCC1NC(=O)CCCCCCN.Cl. The molecule has 0 heterocycles. The van der Waals surface area contributed by atoms with Gasteiger partial charge in [-0.2, -0.15) is 11.8 Å². The molecule has 1 fully saturated rings. The molecule has 1 aliphatic carbocycles. The number of hydrogen-bond donors (Lipinski definition) is 2. The van der Waals surface area contributed by atoms with Gasteiger partial charge in [0.25, 0.3) is 0 Å². The molecule has 0 aromatic carbocycles. The third kappa shape index (κ3) is 8.38. The van der Waals surface area contributed by atoms with Crippen LogP contribution in [-0.4, -0.2) is 29.5 Å². The monoisotopic (exact) mass is 322 g/mol. The second kappa shape index (κ2) is 12.8. The first-order valence-corrected chi connectivity index (χ1v) is 8.93. The van der Waals surface area contributed by atoms with Crippen LogP contribution in [0.15, 0.2) is 0 Å². The van der Waals surface area contributed by atoms with Crippen LogP contribution in [-0.2, 0) is 4.79 Å². The average Bonchev–Trinajstić information content (AvgIpc) is 2.41. The van der Waals surface area contributed by atoms with E-state index in [4.69, 9.17) is 5.73 Å². The number of hydrogen-bond acceptors (Lipinski definition) is 3. The van der Waals surface area contributed by atoms with Crippen LogP contribution >= 0.6 is 24.2 Å². The molecular weight excluding hydrogens is 292 g/mol. The molecule has 1 amide bonds. The fourth-order valence-corrected chi connectivity index (χ4v) is 3.94. The van der Waals surface area contributed by atoms with Gasteiger partial charge < -0.3 is 11.1 Å². The highest BCUT2D eigenvalue weighted by molar-refractivity contribution is 7.99. The van der Waals surface area contributed by atoms with Gasteiger partial charge in [0.1, 0.15) is 0 Å². The third-order valence-electron chi connectivity index (χ3n) is 3.79. The molecular formula is C15H31ClN2OS. The molecule has 1 saturated carbocycles. The molecule has 2 unspecified atom stereocenters. The number of nitrogens with two attached hydrogens (primary N) is 1. The van der Waals surface area contributed by atoms with Crippen LogP contribution in [0.4, 0.5) is 0 Å². The second-order valence-corrected chi connectivity index (χ2v) is 6.92. The highest BCUT2D eigenvalue weighted by Gasteiger charge is 2.25. The molecule has 0 bridgehead atoms. The summed E-state index contributed by atoms with van der Waals surface area (Å²) in [6, 6.07) is 0.412. The fraction of sp³-hybridized carbons (Fsp3) is 0.933. The fourth-order valence-electron chi connectivity index (χ4n) is 2.74. The molecule has 3 nitrogen and oxygen atoms in total. The lowest BCUT2D eigenvalue weighted by molar-refractivity contribution is -0.122. The second-order valence-electron chi connectivity index (χ2n) is 5.41. The van der Waals surface area contributed by atoms with E-state index in [9.17, 15) is 4.79 Å². The lowest BCUT2D eigenvalue weighted by atomic mass is 9.94. The summed E-state index contributed by atoms with van der Waals surface area (Å²) in [5.74, 6) is 1.40. The summed E-state index contributed by atoms with van der Waals surface area (Å²) in [7, 11) is 0. The average molecular weight is 323 g/mol. The first-order valence-electron chi connectivity index (χ1n) is 7.89. The Labute approximate surface area is 134 Å². The zero-order valence-electron chi connectivity index (χ0n) is 12.7. The first-order chi connectivity index (χ1) is 9.27. The predicted molar refractivity (Wildman–Crippen MR) is 91.7 cm³/mol. The van der Waals surface area contributed by atoms with Crippen molar-refractivity contribution in [1.82, 2.24) is 5.32 Å². The van der Waals surface area contributed by atoms with Crippen molar-refractivity contribution < 1.29 is 4.79 Å². The molecule has 20 heavy (non-hydrogen) atoms. The number of amides is 1. The summed E-state index contributed by atoms with van der Waals surface area (Å²) in [6.45, 7) is 2.97. The van der Waals surface area contributed by atoms with Gasteiger partial charge in [-0.15, -0.1) is 12.4 Å². The molecule has 120 valence electrons. The Bertz CT molecular complexity index is 252. The number of carbonyl (C=O) groups is 1. The highest BCUT2D eigenvalue weighted by Crippen LogP contribution is 2.28. The highest BCUT2D eigenvalue weighted by atomic mass is 35.5. The number of carbonyl (C=O) groups excluding carboxylic acids is 1. The molecule has 0 aromatic heterocycles. The zero-order chi connectivity index (χ0) is 13.9. The smallest absolute Gasteiger partial charge is 0.220 e. The van der Waals surface area contributed by atoms with Crippen molar-refractivity contribution in [2.24, 2.45) is 5.73 Å². The van der Waals surface area contributed by atoms with Gasteiger partial charge in [0.15, 0.2) is 0 Å². The maximum absolute atomic E-state index is 11.9. The van der Waals surface area contributed by atoms with Crippen molar-refractivity contribution in [3.8, 4) is 0 Å². The van der Waals surface area contributed by atoms with Crippen LogP contribution in [0.1, 0.15) is 64.7 Å². The van der Waals surface area contributed by atoms with Crippen LogP contribution in [0.2, 0.25) is 0 Å². The van der Waals surface area contributed by atoms with Crippen LogP contribution in [0.25, 0.3) is 0 Å². The lowest BCUT2D eigenvalue weighted by Crippen LogP contribution is -2.43. The number of nitrogens with one attached hydrogen (secondary N) is 1. The largest absolute Gasteiger partial charge is 0.352 e. The Hall–Kier alpha value is 0.0700. The maximum atomic E-state index is 11.9. The topological polar surface area (TPSA) is 55.1 Å². The minimum Gasteiger partial charge on any atom is -0.352 e. The van der Waals surface area contributed by atoms with Crippen molar-refractivity contribution in [2.75, 3.05) is 12.3 Å². The Kier molecular flexibility index (Phi) is 12.8. The van der Waals surface area contributed by atoms with E-state index in [0.717, 1.165) is 44.4 Å². The van der Waals surface area contributed by atoms with Gasteiger partial charge in [0.2, 0.25) is 5.91 Å². The Balaban J connectivity index is 0.00000361. The van der Waals surface area contributed by atoms with Crippen molar-refractivity contribution in [3.05, 3.63) is 0 Å². The van der Waals surface area contributed by atoms with E-state index in [-0.39, 0.29) is 18.3 Å². The van der Waals surface area contributed by atoms with Gasteiger partial charge >= 0.3 is 0 Å². The van der Waals surface area contributed by atoms with Crippen molar-refractivity contribution in [1.29, 1.82) is 0 Å². The summed E-state index contributed by atoms with van der Waals surface area (Å²) in [5, 5.41) is 3.90. The Morgan fingerprint density at radius 2 is 1.90 bits per heavy atom. The van der Waals surface area contributed by atoms with Gasteiger partial charge in [0, 0.05) is 17.7 Å². The molecule has 0 saturated heterocycles. The van der Waals surface area contributed by atoms with Crippen LogP contribution < -0.4 is 11.1 Å². The van der Waals surface area contributed by atoms with E-state index in [0.29, 0.717) is 17.7 Å². The lowest BCUT2D eigenvalue weighted by Gasteiger charge is -2.31. The molecule has 0 spiro atoms. The molecule has 1 aliphatic rings. The first kappa shape index (κ1) is 20.1. The minimum absolute atomic E-state index is 0. The Morgan fingerprint density at radius 3 is 2.60 bits per heavy atom. The quantitative estimate of drug-likeness (QED) is 0.639.